The molecule has 0 N–H and O–H groups in total. The third kappa shape index (κ3) is 6.48. The van der Waals surface area contributed by atoms with Crippen molar-refractivity contribution in [2.24, 2.45) is 0 Å². The molecule has 7 heteroatoms. The second kappa shape index (κ2) is 8.92. The molecule has 1 aliphatic rings. The summed E-state index contributed by atoms with van der Waals surface area (Å²) in [6.07, 6.45) is 3.90. The summed E-state index contributed by atoms with van der Waals surface area (Å²) in [5, 5.41) is 8.64. The molecule has 0 amide bonds. The van der Waals surface area contributed by atoms with Gasteiger partial charge in [-0.15, -0.1) is 0 Å². The fraction of sp³-hybridized carbons (Fsp3) is 0.923. The minimum Gasteiger partial charge on any atom is -0.383 e. The fourth-order valence-corrected chi connectivity index (χ4v) is 5.57. The fourth-order valence-electron chi connectivity index (χ4n) is 2.25. The highest BCUT2D eigenvalue weighted by Gasteiger charge is 2.43. The molecule has 1 fully saturated rings. The molecule has 0 radical (unpaired) electrons. The van der Waals surface area contributed by atoms with Crippen molar-refractivity contribution in [1.82, 2.24) is 0 Å². The summed E-state index contributed by atoms with van der Waals surface area (Å²) in [7, 11) is -2.54. The third-order valence-corrected chi connectivity index (χ3v) is 6.65. The number of nitriles is 1. The van der Waals surface area contributed by atoms with Crippen molar-refractivity contribution in [2.75, 3.05) is 19.4 Å². The van der Waals surface area contributed by atoms with Crippen molar-refractivity contribution < 1.29 is 18.3 Å². The van der Waals surface area contributed by atoms with Crippen molar-refractivity contribution in [3.8, 4) is 6.07 Å². The van der Waals surface area contributed by atoms with Gasteiger partial charge >= 0.3 is 0 Å². The van der Waals surface area contributed by atoms with Crippen LogP contribution in [0.5, 0.6) is 0 Å². The molecule has 1 rings (SSSR count). The second-order valence-electron chi connectivity index (χ2n) is 5.62. The first-order chi connectivity index (χ1) is 9.54. The second-order valence-corrected chi connectivity index (χ2v) is 10.9. The lowest BCUT2D eigenvalue weighted by Gasteiger charge is -2.43. The van der Waals surface area contributed by atoms with Crippen LogP contribution in [0.3, 0.4) is 0 Å². The average molecular weight is 318 g/mol. The molecule has 1 unspecified atom stereocenters. The van der Waals surface area contributed by atoms with Gasteiger partial charge in [-0.1, -0.05) is 6.92 Å². The number of hydrogen-bond donors (Lipinski definition) is 0. The van der Waals surface area contributed by atoms with Gasteiger partial charge in [0.1, 0.15) is 0 Å². The van der Waals surface area contributed by atoms with Gasteiger partial charge in [-0.05, 0) is 32.0 Å². The van der Waals surface area contributed by atoms with E-state index in [-0.39, 0.29) is 0 Å². The van der Waals surface area contributed by atoms with E-state index < -0.39 is 24.1 Å². The molecule has 20 heavy (non-hydrogen) atoms. The molecule has 0 aromatic heterocycles. The van der Waals surface area contributed by atoms with Gasteiger partial charge in [0, 0.05) is 13.0 Å². The highest BCUT2D eigenvalue weighted by atomic mass is 28.4. The Morgan fingerprint density at radius 3 is 2.85 bits per heavy atom. The minimum absolute atomic E-state index is 0.365. The molecule has 0 saturated carbocycles. The summed E-state index contributed by atoms with van der Waals surface area (Å²) in [5.74, 6) is -0.896. The van der Waals surface area contributed by atoms with Crippen LogP contribution in [0.15, 0.2) is 0 Å². The Balaban J connectivity index is 2.48. The van der Waals surface area contributed by atoms with E-state index >= 15 is 0 Å². The average Bonchev–Trinajstić information content (AvgIpc) is 2.38. The maximum atomic E-state index is 8.64. The number of rotatable bonds is 9. The van der Waals surface area contributed by atoms with E-state index in [2.05, 4.69) is 26.1 Å². The lowest BCUT2D eigenvalue weighted by atomic mass is 10.3. The zero-order chi connectivity index (χ0) is 14.9. The molecule has 0 bridgehead atoms. The molecule has 5 nitrogen and oxygen atoms in total. The van der Waals surface area contributed by atoms with E-state index in [1.54, 1.807) is 0 Å². The van der Waals surface area contributed by atoms with Crippen molar-refractivity contribution in [3.05, 3.63) is 0 Å². The SMILES string of the molecule is CCCOC[SiH2]OC1(OCCC#N)CCC[Si](C)(C)O1. The van der Waals surface area contributed by atoms with Gasteiger partial charge in [0.15, 0.2) is 18.1 Å². The number of nitrogens with zero attached hydrogens (tertiary/aromatic N) is 1. The lowest BCUT2D eigenvalue weighted by Crippen LogP contribution is -2.52. The Morgan fingerprint density at radius 1 is 1.40 bits per heavy atom. The van der Waals surface area contributed by atoms with Crippen LogP contribution in [0.1, 0.15) is 32.6 Å². The van der Waals surface area contributed by atoms with E-state index in [0.717, 1.165) is 31.9 Å². The summed E-state index contributed by atoms with van der Waals surface area (Å²) < 4.78 is 23.5. The molecule has 0 aliphatic carbocycles. The lowest BCUT2D eigenvalue weighted by molar-refractivity contribution is -0.317. The van der Waals surface area contributed by atoms with Gasteiger partial charge in [-0.2, -0.15) is 5.26 Å². The van der Waals surface area contributed by atoms with E-state index in [1.807, 2.05) is 0 Å². The van der Waals surface area contributed by atoms with Gasteiger partial charge in [-0.3, -0.25) is 0 Å². The highest BCUT2D eigenvalue weighted by Crippen LogP contribution is 2.35. The van der Waals surface area contributed by atoms with Crippen LogP contribution >= 0.6 is 0 Å². The van der Waals surface area contributed by atoms with Gasteiger partial charge < -0.3 is 18.3 Å². The van der Waals surface area contributed by atoms with E-state index in [4.69, 9.17) is 23.6 Å². The maximum Gasteiger partial charge on any atom is 0.263 e. The molecule has 0 aromatic rings. The standard InChI is InChI=1S/C13H27NO4Si2/c1-4-9-15-12-19-17-13(16-10-6-8-14)7-5-11-20(2,3)18-13/h4-7,9-12,19H2,1-3H3. The Morgan fingerprint density at radius 2 is 2.20 bits per heavy atom. The van der Waals surface area contributed by atoms with Crippen molar-refractivity contribution >= 4 is 18.1 Å². The smallest absolute Gasteiger partial charge is 0.263 e. The quantitative estimate of drug-likeness (QED) is 0.370. The first-order valence-electron chi connectivity index (χ1n) is 7.46. The van der Waals surface area contributed by atoms with E-state index in [0.29, 0.717) is 19.3 Å². The van der Waals surface area contributed by atoms with Gasteiger partial charge in [-0.25, -0.2) is 0 Å². The van der Waals surface area contributed by atoms with Crippen LogP contribution < -0.4 is 0 Å². The van der Waals surface area contributed by atoms with Crippen LogP contribution in [0.4, 0.5) is 0 Å². The summed E-state index contributed by atoms with van der Waals surface area (Å²) in [5.41, 5.74) is 0. The molecule has 1 heterocycles. The van der Waals surface area contributed by atoms with Crippen LogP contribution in [-0.4, -0.2) is 43.5 Å². The summed E-state index contributed by atoms with van der Waals surface area (Å²) in [6.45, 7) is 7.61. The largest absolute Gasteiger partial charge is 0.383 e. The monoisotopic (exact) mass is 317 g/mol. The molecule has 1 aliphatic heterocycles. The molecule has 0 spiro atoms. The Kier molecular flexibility index (Phi) is 7.95. The Hall–Kier alpha value is -0.236. The minimum atomic E-state index is -1.71. The molecule has 1 atom stereocenters. The molecule has 116 valence electrons. The van der Waals surface area contributed by atoms with Crippen molar-refractivity contribution in [1.29, 1.82) is 5.26 Å². The van der Waals surface area contributed by atoms with E-state index in [9.17, 15) is 0 Å². The summed E-state index contributed by atoms with van der Waals surface area (Å²) in [4.78, 5) is 0. The summed E-state index contributed by atoms with van der Waals surface area (Å²) in [6, 6.07) is 3.22. The van der Waals surface area contributed by atoms with Crippen LogP contribution in [0.2, 0.25) is 19.1 Å². The normalized spacial score (nSPS) is 25.9. The first-order valence-corrected chi connectivity index (χ1v) is 12.2. The van der Waals surface area contributed by atoms with Crippen molar-refractivity contribution in [3.63, 3.8) is 0 Å². The van der Waals surface area contributed by atoms with Crippen LogP contribution in [0.25, 0.3) is 0 Å². The van der Waals surface area contributed by atoms with Crippen LogP contribution in [0, 0.1) is 11.3 Å². The van der Waals surface area contributed by atoms with Gasteiger partial charge in [0.25, 0.3) is 5.97 Å². The predicted octanol–water partition coefficient (Wildman–Crippen LogP) is 2.07. The maximum absolute atomic E-state index is 8.64. The number of ether oxygens (including phenoxy) is 2. The van der Waals surface area contributed by atoms with Gasteiger partial charge in [0.05, 0.1) is 25.3 Å². The Bertz CT molecular complexity index is 322. The van der Waals surface area contributed by atoms with Gasteiger partial charge in [0.2, 0.25) is 0 Å². The van der Waals surface area contributed by atoms with Crippen molar-refractivity contribution in [2.45, 2.75) is 57.7 Å². The topological polar surface area (TPSA) is 60.7 Å². The number of hydrogen-bond acceptors (Lipinski definition) is 5. The molecule has 0 aromatic carbocycles. The predicted molar refractivity (Wildman–Crippen MR) is 82.3 cm³/mol. The molecular formula is C13H27NO4Si2. The zero-order valence-electron chi connectivity index (χ0n) is 12.9. The van der Waals surface area contributed by atoms with E-state index in [1.165, 1.54) is 0 Å². The van der Waals surface area contributed by atoms with Crippen LogP contribution in [-0.2, 0) is 18.3 Å². The highest BCUT2D eigenvalue weighted by molar-refractivity contribution is 6.71. The molecule has 1 saturated heterocycles. The first kappa shape index (κ1) is 17.8. The third-order valence-electron chi connectivity index (χ3n) is 3.13. The Labute approximate surface area is 125 Å². The zero-order valence-corrected chi connectivity index (χ0v) is 15.4. The summed E-state index contributed by atoms with van der Waals surface area (Å²) >= 11 is 0. The molecular weight excluding hydrogens is 290 g/mol.